The van der Waals surface area contributed by atoms with Crippen LogP contribution in [0.1, 0.15) is 12.8 Å². The van der Waals surface area contributed by atoms with Gasteiger partial charge >= 0.3 is 0 Å². The van der Waals surface area contributed by atoms with E-state index in [1.54, 1.807) is 0 Å². The summed E-state index contributed by atoms with van der Waals surface area (Å²) in [6.45, 7) is 3.55. The van der Waals surface area contributed by atoms with Gasteiger partial charge in [-0.25, -0.2) is 0 Å². The van der Waals surface area contributed by atoms with E-state index in [1.807, 2.05) is 23.9 Å². The van der Waals surface area contributed by atoms with E-state index in [0.717, 1.165) is 38.2 Å². The lowest BCUT2D eigenvalue weighted by Crippen LogP contribution is -2.32. The number of carbonyl (C=O) groups is 1. The van der Waals surface area contributed by atoms with Gasteiger partial charge in [0.2, 0.25) is 5.91 Å². The van der Waals surface area contributed by atoms with E-state index in [4.69, 9.17) is 4.74 Å². The minimum Gasteiger partial charge on any atom is -0.381 e. The summed E-state index contributed by atoms with van der Waals surface area (Å²) in [7, 11) is 0. The highest BCUT2D eigenvalue weighted by Crippen LogP contribution is 2.22. The lowest BCUT2D eigenvalue weighted by molar-refractivity contribution is -0.123. The van der Waals surface area contributed by atoms with Gasteiger partial charge in [0.15, 0.2) is 0 Å². The largest absolute Gasteiger partial charge is 0.381 e. The first kappa shape index (κ1) is 14.7. The van der Waals surface area contributed by atoms with Crippen molar-refractivity contribution in [3.05, 3.63) is 24.3 Å². The number of rotatable bonds is 3. The molecule has 4 nitrogen and oxygen atoms in total. The number of amides is 1. The number of thioether (sulfide) groups is 1. The number of benzene rings is 1. The molecule has 0 saturated carbocycles. The fourth-order valence-electron chi connectivity index (χ4n) is 2.77. The molecule has 0 spiro atoms. The third-order valence-electron chi connectivity index (χ3n) is 4.04. The van der Waals surface area contributed by atoms with Crippen LogP contribution >= 0.6 is 11.8 Å². The van der Waals surface area contributed by atoms with Crippen LogP contribution in [0.2, 0.25) is 0 Å². The van der Waals surface area contributed by atoms with Crippen LogP contribution in [0.5, 0.6) is 0 Å². The second kappa shape index (κ2) is 7.18. The smallest absolute Gasteiger partial charge is 0.229 e. The fraction of sp³-hybridized carbons (Fsp3) is 0.562. The SMILES string of the molecule is O=C(Nc1ccc(N2CCSCC2)cc1)C1CCCOC1. The molecular weight excluding hydrogens is 284 g/mol. The average Bonchev–Trinajstić information content (AvgIpc) is 2.57. The first-order valence-corrected chi connectivity index (χ1v) is 8.80. The minimum atomic E-state index is -0.00227. The van der Waals surface area contributed by atoms with Crippen LogP contribution in [0.3, 0.4) is 0 Å². The van der Waals surface area contributed by atoms with Gasteiger partial charge in [-0.15, -0.1) is 0 Å². The molecule has 2 aliphatic heterocycles. The first-order chi connectivity index (χ1) is 10.3. The summed E-state index contributed by atoms with van der Waals surface area (Å²) in [6.07, 6.45) is 1.90. The summed E-state index contributed by atoms with van der Waals surface area (Å²) in [4.78, 5) is 14.5. The van der Waals surface area contributed by atoms with Gasteiger partial charge < -0.3 is 15.0 Å². The molecule has 2 fully saturated rings. The number of hydrogen-bond acceptors (Lipinski definition) is 4. The van der Waals surface area contributed by atoms with Gasteiger partial charge in [-0.3, -0.25) is 4.79 Å². The molecule has 114 valence electrons. The highest BCUT2D eigenvalue weighted by Gasteiger charge is 2.21. The van der Waals surface area contributed by atoms with Gasteiger partial charge in [0.1, 0.15) is 0 Å². The standard InChI is InChI=1S/C16H22N2O2S/c19-16(13-2-1-9-20-12-13)17-14-3-5-15(6-4-14)18-7-10-21-11-8-18/h3-6,13H,1-2,7-12H2,(H,17,19). The predicted molar refractivity (Wildman–Crippen MR) is 88.2 cm³/mol. The molecule has 1 amide bonds. The van der Waals surface area contributed by atoms with Crippen LogP contribution in [0.25, 0.3) is 0 Å². The Morgan fingerprint density at radius 1 is 1.24 bits per heavy atom. The zero-order valence-corrected chi connectivity index (χ0v) is 13.0. The zero-order valence-electron chi connectivity index (χ0n) is 12.2. The molecule has 2 saturated heterocycles. The maximum absolute atomic E-state index is 12.1. The number of carbonyl (C=O) groups excluding carboxylic acids is 1. The van der Waals surface area contributed by atoms with Crippen LogP contribution in [-0.4, -0.2) is 43.7 Å². The van der Waals surface area contributed by atoms with Crippen molar-refractivity contribution < 1.29 is 9.53 Å². The molecule has 1 aromatic rings. The van der Waals surface area contributed by atoms with Crippen LogP contribution in [0.15, 0.2) is 24.3 Å². The molecule has 0 aromatic heterocycles. The van der Waals surface area contributed by atoms with Gasteiger partial charge in [-0.1, -0.05) is 0 Å². The Morgan fingerprint density at radius 2 is 2.00 bits per heavy atom. The lowest BCUT2D eigenvalue weighted by atomic mass is 10.0. The number of ether oxygens (including phenoxy) is 1. The topological polar surface area (TPSA) is 41.6 Å². The van der Waals surface area contributed by atoms with Gasteiger partial charge in [0.05, 0.1) is 12.5 Å². The van der Waals surface area contributed by atoms with Crippen molar-refractivity contribution in [3.8, 4) is 0 Å². The summed E-state index contributed by atoms with van der Waals surface area (Å²) >= 11 is 2.01. The van der Waals surface area contributed by atoms with E-state index in [1.165, 1.54) is 17.2 Å². The van der Waals surface area contributed by atoms with Crippen molar-refractivity contribution in [1.82, 2.24) is 0 Å². The molecule has 2 aliphatic rings. The van der Waals surface area contributed by atoms with E-state index in [-0.39, 0.29) is 11.8 Å². The third kappa shape index (κ3) is 3.92. The molecule has 1 unspecified atom stereocenters. The Bertz CT molecular complexity index is 466. The predicted octanol–water partition coefficient (Wildman–Crippen LogP) is 2.60. The van der Waals surface area contributed by atoms with Crippen molar-refractivity contribution in [1.29, 1.82) is 0 Å². The van der Waals surface area contributed by atoms with Crippen molar-refractivity contribution in [2.24, 2.45) is 5.92 Å². The van der Waals surface area contributed by atoms with E-state index in [2.05, 4.69) is 22.3 Å². The van der Waals surface area contributed by atoms with Crippen LogP contribution in [0.4, 0.5) is 11.4 Å². The molecule has 1 atom stereocenters. The molecule has 3 rings (SSSR count). The summed E-state index contributed by atoms with van der Waals surface area (Å²) in [6, 6.07) is 8.20. The Labute approximate surface area is 130 Å². The highest BCUT2D eigenvalue weighted by molar-refractivity contribution is 7.99. The van der Waals surface area contributed by atoms with Gasteiger partial charge in [-0.2, -0.15) is 11.8 Å². The van der Waals surface area contributed by atoms with Crippen LogP contribution in [-0.2, 0) is 9.53 Å². The molecule has 5 heteroatoms. The Hall–Kier alpha value is -1.20. The normalized spacial score (nSPS) is 22.9. The molecule has 2 heterocycles. The number of hydrogen-bond donors (Lipinski definition) is 1. The molecule has 1 N–H and O–H groups in total. The quantitative estimate of drug-likeness (QED) is 0.932. The van der Waals surface area contributed by atoms with Gasteiger partial charge in [0.25, 0.3) is 0 Å². The summed E-state index contributed by atoms with van der Waals surface area (Å²) in [5, 5.41) is 3.00. The summed E-state index contributed by atoms with van der Waals surface area (Å²) in [5.74, 6) is 2.47. The van der Waals surface area contributed by atoms with Gasteiger partial charge in [0, 0.05) is 42.6 Å². The molecule has 0 radical (unpaired) electrons. The minimum absolute atomic E-state index is 0.00227. The maximum atomic E-state index is 12.1. The van der Waals surface area contributed by atoms with Crippen molar-refractivity contribution >= 4 is 29.0 Å². The highest BCUT2D eigenvalue weighted by atomic mass is 32.2. The van der Waals surface area contributed by atoms with E-state index in [9.17, 15) is 4.79 Å². The van der Waals surface area contributed by atoms with E-state index in [0.29, 0.717) is 6.61 Å². The zero-order chi connectivity index (χ0) is 14.5. The Kier molecular flexibility index (Phi) is 5.04. The monoisotopic (exact) mass is 306 g/mol. The van der Waals surface area contributed by atoms with Crippen LogP contribution in [0, 0.1) is 5.92 Å². The molecule has 0 bridgehead atoms. The molecule has 0 aliphatic carbocycles. The lowest BCUT2D eigenvalue weighted by Gasteiger charge is -2.28. The third-order valence-corrected chi connectivity index (χ3v) is 4.98. The van der Waals surface area contributed by atoms with Crippen molar-refractivity contribution in [2.75, 3.05) is 48.0 Å². The Balaban J connectivity index is 1.57. The van der Waals surface area contributed by atoms with Gasteiger partial charge in [-0.05, 0) is 37.1 Å². The molecule has 1 aromatic carbocycles. The maximum Gasteiger partial charge on any atom is 0.229 e. The van der Waals surface area contributed by atoms with Crippen molar-refractivity contribution in [2.45, 2.75) is 12.8 Å². The van der Waals surface area contributed by atoms with Crippen LogP contribution < -0.4 is 10.2 Å². The fourth-order valence-corrected chi connectivity index (χ4v) is 3.67. The van der Waals surface area contributed by atoms with E-state index < -0.39 is 0 Å². The molecule has 21 heavy (non-hydrogen) atoms. The average molecular weight is 306 g/mol. The second-order valence-electron chi connectivity index (χ2n) is 5.55. The first-order valence-electron chi connectivity index (χ1n) is 7.64. The second-order valence-corrected chi connectivity index (χ2v) is 6.77. The molecular formula is C16H22N2O2S. The van der Waals surface area contributed by atoms with Crippen molar-refractivity contribution in [3.63, 3.8) is 0 Å². The van der Waals surface area contributed by atoms with E-state index >= 15 is 0 Å². The summed E-state index contributed by atoms with van der Waals surface area (Å²) < 4.78 is 5.37. The summed E-state index contributed by atoms with van der Waals surface area (Å²) in [5.41, 5.74) is 2.12. The number of anilines is 2. The number of nitrogens with one attached hydrogen (secondary N) is 1. The number of nitrogens with zero attached hydrogens (tertiary/aromatic N) is 1. The Morgan fingerprint density at radius 3 is 2.67 bits per heavy atom.